The van der Waals surface area contributed by atoms with Crippen LogP contribution in [0.1, 0.15) is 84.1 Å². The Hall–Kier alpha value is -3.99. The number of amides is 1. The quantitative estimate of drug-likeness (QED) is 0.209. The fourth-order valence-corrected chi connectivity index (χ4v) is 6.62. The van der Waals surface area contributed by atoms with E-state index in [0.29, 0.717) is 11.6 Å². The molecule has 1 aliphatic rings. The number of pyridine rings is 1. The molecule has 0 aliphatic heterocycles. The third kappa shape index (κ3) is 8.49. The molecule has 0 fully saturated rings. The van der Waals surface area contributed by atoms with Crippen LogP contribution in [-0.4, -0.2) is 47.1 Å². The highest BCUT2D eigenvalue weighted by molar-refractivity contribution is 5.82. The topological polar surface area (TPSA) is 91.6 Å². The van der Waals surface area contributed by atoms with Crippen molar-refractivity contribution in [3.05, 3.63) is 91.6 Å². The first-order valence-electron chi connectivity index (χ1n) is 15.9. The van der Waals surface area contributed by atoms with Crippen LogP contribution in [0.25, 0.3) is 11.1 Å². The van der Waals surface area contributed by atoms with Crippen LogP contribution in [0.3, 0.4) is 0 Å². The molecule has 2 N–H and O–H groups in total. The first-order valence-corrected chi connectivity index (χ1v) is 15.9. The van der Waals surface area contributed by atoms with Gasteiger partial charge in [0.1, 0.15) is 11.9 Å². The highest BCUT2D eigenvalue weighted by Gasteiger charge is 2.36. The second kappa shape index (κ2) is 14.4. The number of halogens is 4. The second-order valence-corrected chi connectivity index (χ2v) is 13.3. The minimum absolute atomic E-state index is 0.0000976. The number of carboxylic acid groups (broad SMARTS) is 1. The Labute approximate surface area is 272 Å². The molecule has 1 heterocycles. The molecule has 4 rings (SSSR count). The maximum absolute atomic E-state index is 14.2. The van der Waals surface area contributed by atoms with Crippen LogP contribution in [0.15, 0.2) is 41.3 Å². The number of likely N-dealkylation sites (N-methyl/N-ethyl adjacent to an activating group) is 1. The number of hydrogen-bond donors (Lipinski definition) is 2. The van der Waals surface area contributed by atoms with Gasteiger partial charge in [0.05, 0.1) is 18.0 Å². The SMILES string of the molecule is Cc1cc(F)cc(C)c1-c1cc(C(CC(=O)O)NC(=O)[C@@H](CC(C)C)n2cc(CCN(C)C)c(C(F)(F)F)cc2=O)cc2c1CCC2. The molecule has 1 unspecified atom stereocenters. The highest BCUT2D eigenvalue weighted by Crippen LogP contribution is 2.39. The molecule has 0 saturated carbocycles. The summed E-state index contributed by atoms with van der Waals surface area (Å²) in [5.74, 6) is -2.31. The molecule has 0 saturated heterocycles. The van der Waals surface area contributed by atoms with E-state index in [1.807, 2.05) is 39.8 Å². The number of benzene rings is 2. The van der Waals surface area contributed by atoms with E-state index in [0.717, 1.165) is 63.4 Å². The van der Waals surface area contributed by atoms with Crippen molar-refractivity contribution in [3.8, 4) is 11.1 Å². The van der Waals surface area contributed by atoms with E-state index in [2.05, 4.69) is 5.32 Å². The van der Waals surface area contributed by atoms with Gasteiger partial charge in [0.15, 0.2) is 0 Å². The second-order valence-electron chi connectivity index (χ2n) is 13.3. The summed E-state index contributed by atoms with van der Waals surface area (Å²) in [5, 5.41) is 12.7. The molecule has 254 valence electrons. The zero-order chi connectivity index (χ0) is 34.8. The maximum atomic E-state index is 14.2. The lowest BCUT2D eigenvalue weighted by molar-refractivity contribution is -0.139. The van der Waals surface area contributed by atoms with E-state index in [1.165, 1.54) is 12.1 Å². The van der Waals surface area contributed by atoms with Crippen molar-refractivity contribution in [2.24, 2.45) is 5.92 Å². The van der Waals surface area contributed by atoms with Crippen LogP contribution in [-0.2, 0) is 35.0 Å². The molecule has 0 spiro atoms. The Balaban J connectivity index is 1.80. The van der Waals surface area contributed by atoms with Crippen molar-refractivity contribution < 1.29 is 32.3 Å². The van der Waals surface area contributed by atoms with Crippen molar-refractivity contribution in [1.29, 1.82) is 0 Å². The molecule has 2 aromatic carbocycles. The van der Waals surface area contributed by atoms with Gasteiger partial charge in [0.2, 0.25) is 5.91 Å². The number of aromatic nitrogens is 1. The van der Waals surface area contributed by atoms with E-state index in [1.54, 1.807) is 19.0 Å². The van der Waals surface area contributed by atoms with Crippen LogP contribution < -0.4 is 10.9 Å². The average molecular weight is 658 g/mol. The molecule has 3 aromatic rings. The first kappa shape index (κ1) is 35.9. The van der Waals surface area contributed by atoms with Crippen LogP contribution in [0, 0.1) is 25.6 Å². The lowest BCUT2D eigenvalue weighted by atomic mass is 9.87. The predicted octanol–water partition coefficient (Wildman–Crippen LogP) is 6.80. The lowest BCUT2D eigenvalue weighted by Gasteiger charge is -2.27. The maximum Gasteiger partial charge on any atom is 0.416 e. The van der Waals surface area contributed by atoms with E-state index < -0.39 is 47.7 Å². The molecular weight excluding hydrogens is 614 g/mol. The largest absolute Gasteiger partial charge is 0.481 e. The minimum Gasteiger partial charge on any atom is -0.481 e. The van der Waals surface area contributed by atoms with Gasteiger partial charge in [-0.15, -0.1) is 0 Å². The van der Waals surface area contributed by atoms with Gasteiger partial charge in [-0.3, -0.25) is 14.4 Å². The molecule has 47 heavy (non-hydrogen) atoms. The lowest BCUT2D eigenvalue weighted by Crippen LogP contribution is -2.40. The van der Waals surface area contributed by atoms with Crippen molar-refractivity contribution >= 4 is 11.9 Å². The predicted molar refractivity (Wildman–Crippen MR) is 173 cm³/mol. The third-order valence-corrected chi connectivity index (χ3v) is 8.73. The number of aliphatic carboxylic acids is 1. The summed E-state index contributed by atoms with van der Waals surface area (Å²) in [4.78, 5) is 41.1. The molecule has 11 heteroatoms. The number of carboxylic acids is 1. The van der Waals surface area contributed by atoms with Crippen LogP contribution >= 0.6 is 0 Å². The van der Waals surface area contributed by atoms with Crippen molar-refractivity contribution in [3.63, 3.8) is 0 Å². The van der Waals surface area contributed by atoms with Gasteiger partial charge < -0.3 is 19.9 Å². The Morgan fingerprint density at radius 1 is 1.04 bits per heavy atom. The molecular formula is C36H43F4N3O4. The fourth-order valence-electron chi connectivity index (χ4n) is 6.62. The van der Waals surface area contributed by atoms with Gasteiger partial charge in [-0.2, -0.15) is 13.2 Å². The zero-order valence-electron chi connectivity index (χ0n) is 27.7. The summed E-state index contributed by atoms with van der Waals surface area (Å²) < 4.78 is 57.1. The molecule has 1 aromatic heterocycles. The number of fused-ring (bicyclic) bond motifs is 1. The Bertz CT molecular complexity index is 1690. The summed E-state index contributed by atoms with van der Waals surface area (Å²) in [7, 11) is 3.45. The highest BCUT2D eigenvalue weighted by atomic mass is 19.4. The minimum atomic E-state index is -4.76. The smallest absolute Gasteiger partial charge is 0.416 e. The number of nitrogens with one attached hydrogen (secondary N) is 1. The van der Waals surface area contributed by atoms with Crippen LogP contribution in [0.5, 0.6) is 0 Å². The van der Waals surface area contributed by atoms with Gasteiger partial charge in [-0.25, -0.2) is 4.39 Å². The summed E-state index contributed by atoms with van der Waals surface area (Å²) >= 11 is 0. The summed E-state index contributed by atoms with van der Waals surface area (Å²) in [6.45, 7) is 7.59. The standard InChI is InChI=1S/C36H43F4N3O4/c1-20(2)12-31(43-19-24(10-11-42(5)6)29(17-32(43)44)36(38,39)40)35(47)41-30(18-33(45)46)25-15-23-8-7-9-27(23)28(16-25)34-21(3)13-26(37)14-22(34)4/h13-17,19-20,30-31H,7-12,18H2,1-6H3,(H,41,47)(H,45,46)/t30?,31-/m1/s1. The monoisotopic (exact) mass is 657 g/mol. The number of rotatable bonds is 12. The van der Waals surface area contributed by atoms with E-state index in [-0.39, 0.29) is 36.7 Å². The number of alkyl halides is 3. The van der Waals surface area contributed by atoms with Gasteiger partial charge in [-0.05, 0) is 129 Å². The van der Waals surface area contributed by atoms with Crippen LogP contribution in [0.4, 0.5) is 17.6 Å². The van der Waals surface area contributed by atoms with E-state index in [4.69, 9.17) is 0 Å². The number of carbonyl (C=O) groups is 2. The summed E-state index contributed by atoms with van der Waals surface area (Å²) in [6.07, 6.45) is -1.50. The van der Waals surface area contributed by atoms with Crippen molar-refractivity contribution in [1.82, 2.24) is 14.8 Å². The fraction of sp³-hybridized carbons (Fsp3) is 0.472. The van der Waals surface area contributed by atoms with Gasteiger partial charge in [-0.1, -0.05) is 19.9 Å². The van der Waals surface area contributed by atoms with E-state index >= 15 is 0 Å². The number of aryl methyl sites for hydroxylation is 3. The Morgan fingerprint density at radius 3 is 2.28 bits per heavy atom. The Kier molecular flexibility index (Phi) is 11.0. The van der Waals surface area contributed by atoms with Crippen LogP contribution in [0.2, 0.25) is 0 Å². The van der Waals surface area contributed by atoms with E-state index in [9.17, 15) is 37.1 Å². The van der Waals surface area contributed by atoms with Crippen molar-refractivity contribution in [2.75, 3.05) is 20.6 Å². The summed E-state index contributed by atoms with van der Waals surface area (Å²) in [6, 6.07) is 5.02. The summed E-state index contributed by atoms with van der Waals surface area (Å²) in [5.41, 5.74) is 3.74. The normalized spacial score (nSPS) is 14.4. The molecule has 1 amide bonds. The zero-order valence-corrected chi connectivity index (χ0v) is 27.7. The van der Waals surface area contributed by atoms with Gasteiger partial charge >= 0.3 is 12.1 Å². The first-order chi connectivity index (χ1) is 22.0. The molecule has 0 radical (unpaired) electrons. The van der Waals surface area contributed by atoms with Gasteiger partial charge in [0.25, 0.3) is 5.56 Å². The molecule has 1 aliphatic carbocycles. The Morgan fingerprint density at radius 2 is 1.70 bits per heavy atom. The number of carbonyl (C=O) groups excluding carboxylic acids is 1. The number of hydrogen-bond acceptors (Lipinski definition) is 4. The third-order valence-electron chi connectivity index (χ3n) is 8.73. The van der Waals surface area contributed by atoms with Crippen molar-refractivity contribution in [2.45, 2.75) is 84.5 Å². The van der Waals surface area contributed by atoms with Gasteiger partial charge in [0, 0.05) is 18.8 Å². The molecule has 7 nitrogen and oxygen atoms in total. The average Bonchev–Trinajstić information content (AvgIpc) is 3.42. The molecule has 0 bridgehead atoms. The molecule has 2 atom stereocenters. The number of nitrogens with zero attached hydrogens (tertiary/aromatic N) is 2.